The second kappa shape index (κ2) is 8.24. The third kappa shape index (κ3) is 4.48. The molecule has 0 heterocycles. The molecule has 0 saturated carbocycles. The van der Waals surface area contributed by atoms with E-state index in [4.69, 9.17) is 11.6 Å². The molecule has 0 nitrogen and oxygen atoms in total. The van der Waals surface area contributed by atoms with E-state index in [-0.39, 0.29) is 0 Å². The number of halogens is 1. The minimum absolute atomic E-state index is 0.766. The van der Waals surface area contributed by atoms with E-state index in [1.165, 1.54) is 33.4 Å². The minimum Gasteiger partial charge on any atom is -0.0843 e. The van der Waals surface area contributed by atoms with Crippen molar-refractivity contribution in [3.8, 4) is 22.3 Å². The van der Waals surface area contributed by atoms with E-state index in [9.17, 15) is 0 Å². The van der Waals surface area contributed by atoms with E-state index < -0.39 is 0 Å². The molecule has 0 unspecified atom stereocenters. The van der Waals surface area contributed by atoms with Gasteiger partial charge in [-0.15, -0.1) is 0 Å². The number of aryl methyl sites for hydroxylation is 2. The maximum atomic E-state index is 5.97. The summed E-state index contributed by atoms with van der Waals surface area (Å²) in [5.41, 5.74) is 7.64. The number of benzene rings is 4. The lowest BCUT2D eigenvalue weighted by molar-refractivity contribution is 0.960. The maximum Gasteiger partial charge on any atom is 0.0406 e. The highest BCUT2D eigenvalue weighted by molar-refractivity contribution is 6.30. The van der Waals surface area contributed by atoms with Crippen molar-refractivity contribution in [2.24, 2.45) is 0 Å². The van der Waals surface area contributed by atoms with Crippen LogP contribution in [0.15, 0.2) is 103 Å². The first kappa shape index (κ1) is 17.6. The van der Waals surface area contributed by atoms with E-state index in [2.05, 4.69) is 91.0 Å². The highest BCUT2D eigenvalue weighted by Gasteiger charge is 2.02. The fraction of sp³-hybridized carbons (Fsp3) is 0.0769. The molecule has 0 saturated heterocycles. The predicted octanol–water partition coefficient (Wildman–Crippen LogP) is 7.46. The molecule has 0 radical (unpaired) electrons. The van der Waals surface area contributed by atoms with Crippen LogP contribution in [-0.2, 0) is 12.8 Å². The average Bonchev–Trinajstić information content (AvgIpc) is 2.74. The fourth-order valence-corrected chi connectivity index (χ4v) is 3.42. The highest BCUT2D eigenvalue weighted by Crippen LogP contribution is 2.26. The Labute approximate surface area is 166 Å². The molecular formula is C26H21Cl. The van der Waals surface area contributed by atoms with Gasteiger partial charge in [0.1, 0.15) is 0 Å². The van der Waals surface area contributed by atoms with Gasteiger partial charge in [0.15, 0.2) is 0 Å². The Morgan fingerprint density at radius 3 is 1.26 bits per heavy atom. The largest absolute Gasteiger partial charge is 0.0843 e. The quantitative estimate of drug-likeness (QED) is 0.343. The van der Waals surface area contributed by atoms with Crippen molar-refractivity contribution in [2.45, 2.75) is 12.8 Å². The summed E-state index contributed by atoms with van der Waals surface area (Å²) < 4.78 is 0. The van der Waals surface area contributed by atoms with Crippen LogP contribution in [0.1, 0.15) is 11.1 Å². The summed E-state index contributed by atoms with van der Waals surface area (Å²) in [5.74, 6) is 0. The molecule has 4 rings (SSSR count). The van der Waals surface area contributed by atoms with Crippen molar-refractivity contribution in [1.82, 2.24) is 0 Å². The summed E-state index contributed by atoms with van der Waals surface area (Å²) in [6, 6.07) is 36.2. The summed E-state index contributed by atoms with van der Waals surface area (Å²) in [5, 5.41) is 0.766. The fourth-order valence-electron chi connectivity index (χ4n) is 3.29. The molecule has 0 amide bonds. The first-order valence-electron chi connectivity index (χ1n) is 9.27. The standard InChI is InChI=1S/C26H21Cl/c27-26-18-16-25(17-19-26)24-14-12-23(13-15-24)22-10-8-21(9-11-22)7-6-20-4-2-1-3-5-20/h1-5,8-19H,6-7H2. The second-order valence-electron chi connectivity index (χ2n) is 6.77. The van der Waals surface area contributed by atoms with Gasteiger partial charge in [-0.1, -0.05) is 103 Å². The summed E-state index contributed by atoms with van der Waals surface area (Å²) in [6.45, 7) is 0. The summed E-state index contributed by atoms with van der Waals surface area (Å²) in [6.07, 6.45) is 2.15. The Morgan fingerprint density at radius 2 is 0.778 bits per heavy atom. The molecule has 0 aliphatic heterocycles. The molecule has 0 bridgehead atoms. The Morgan fingerprint density at radius 1 is 0.407 bits per heavy atom. The van der Waals surface area contributed by atoms with Gasteiger partial charge < -0.3 is 0 Å². The molecule has 0 spiro atoms. The van der Waals surface area contributed by atoms with E-state index in [0.717, 1.165) is 17.9 Å². The molecule has 1 heteroatoms. The van der Waals surface area contributed by atoms with Crippen LogP contribution in [0.5, 0.6) is 0 Å². The van der Waals surface area contributed by atoms with Crippen LogP contribution in [-0.4, -0.2) is 0 Å². The van der Waals surface area contributed by atoms with Gasteiger partial charge in [-0.05, 0) is 58.4 Å². The third-order valence-electron chi connectivity index (χ3n) is 4.89. The topological polar surface area (TPSA) is 0 Å². The first-order valence-corrected chi connectivity index (χ1v) is 9.65. The SMILES string of the molecule is Clc1ccc(-c2ccc(-c3ccc(CCc4ccccc4)cc3)cc2)cc1. The molecule has 4 aromatic carbocycles. The molecule has 0 aromatic heterocycles. The van der Waals surface area contributed by atoms with E-state index in [0.29, 0.717) is 0 Å². The molecule has 27 heavy (non-hydrogen) atoms. The minimum atomic E-state index is 0.766. The maximum absolute atomic E-state index is 5.97. The predicted molar refractivity (Wildman–Crippen MR) is 116 cm³/mol. The zero-order valence-electron chi connectivity index (χ0n) is 15.1. The summed E-state index contributed by atoms with van der Waals surface area (Å²) in [7, 11) is 0. The van der Waals surface area contributed by atoms with Crippen LogP contribution in [0.4, 0.5) is 0 Å². The van der Waals surface area contributed by atoms with E-state index in [1.807, 2.05) is 12.1 Å². The van der Waals surface area contributed by atoms with Crippen LogP contribution >= 0.6 is 11.6 Å². The molecule has 0 aliphatic rings. The smallest absolute Gasteiger partial charge is 0.0406 e. The van der Waals surface area contributed by atoms with Crippen molar-refractivity contribution < 1.29 is 0 Å². The van der Waals surface area contributed by atoms with Gasteiger partial charge in [-0.2, -0.15) is 0 Å². The van der Waals surface area contributed by atoms with Crippen molar-refractivity contribution in [3.63, 3.8) is 0 Å². The number of rotatable bonds is 5. The molecule has 132 valence electrons. The lowest BCUT2D eigenvalue weighted by Crippen LogP contribution is -1.91. The summed E-state index contributed by atoms with van der Waals surface area (Å²) >= 11 is 5.97. The van der Waals surface area contributed by atoms with Gasteiger partial charge in [0.2, 0.25) is 0 Å². The lowest BCUT2D eigenvalue weighted by Gasteiger charge is -2.07. The van der Waals surface area contributed by atoms with Gasteiger partial charge in [-0.25, -0.2) is 0 Å². The number of hydrogen-bond donors (Lipinski definition) is 0. The molecule has 4 aromatic rings. The lowest BCUT2D eigenvalue weighted by atomic mass is 9.98. The van der Waals surface area contributed by atoms with E-state index >= 15 is 0 Å². The molecular weight excluding hydrogens is 348 g/mol. The number of hydrogen-bond acceptors (Lipinski definition) is 0. The van der Waals surface area contributed by atoms with Crippen LogP contribution in [0, 0.1) is 0 Å². The monoisotopic (exact) mass is 368 g/mol. The van der Waals surface area contributed by atoms with Gasteiger partial charge in [0, 0.05) is 5.02 Å². The van der Waals surface area contributed by atoms with Gasteiger partial charge >= 0.3 is 0 Å². The zero-order valence-corrected chi connectivity index (χ0v) is 15.9. The molecule has 0 atom stereocenters. The summed E-state index contributed by atoms with van der Waals surface area (Å²) in [4.78, 5) is 0. The first-order chi connectivity index (χ1) is 13.3. The molecule has 0 fully saturated rings. The van der Waals surface area contributed by atoms with Gasteiger partial charge in [0.05, 0.1) is 0 Å². The van der Waals surface area contributed by atoms with Crippen molar-refractivity contribution in [1.29, 1.82) is 0 Å². The van der Waals surface area contributed by atoms with Crippen molar-refractivity contribution in [2.75, 3.05) is 0 Å². The molecule has 0 aliphatic carbocycles. The van der Waals surface area contributed by atoms with Crippen molar-refractivity contribution >= 4 is 11.6 Å². The Bertz CT molecular complexity index is 983. The zero-order chi connectivity index (χ0) is 18.5. The van der Waals surface area contributed by atoms with Gasteiger partial charge in [-0.3, -0.25) is 0 Å². The highest BCUT2D eigenvalue weighted by atomic mass is 35.5. The second-order valence-corrected chi connectivity index (χ2v) is 7.20. The average molecular weight is 369 g/mol. The van der Waals surface area contributed by atoms with Crippen molar-refractivity contribution in [3.05, 3.63) is 119 Å². The van der Waals surface area contributed by atoms with Crippen LogP contribution in [0.25, 0.3) is 22.3 Å². The normalized spacial score (nSPS) is 10.7. The van der Waals surface area contributed by atoms with E-state index in [1.54, 1.807) is 0 Å². The Balaban J connectivity index is 1.44. The van der Waals surface area contributed by atoms with Gasteiger partial charge in [0.25, 0.3) is 0 Å². The Hall–Kier alpha value is -2.83. The Kier molecular flexibility index (Phi) is 5.37. The van der Waals surface area contributed by atoms with Crippen LogP contribution in [0.3, 0.4) is 0 Å². The van der Waals surface area contributed by atoms with Crippen LogP contribution < -0.4 is 0 Å². The third-order valence-corrected chi connectivity index (χ3v) is 5.15. The molecule has 0 N–H and O–H groups in total. The van der Waals surface area contributed by atoms with Crippen LogP contribution in [0.2, 0.25) is 5.02 Å².